The summed E-state index contributed by atoms with van der Waals surface area (Å²) in [5, 5.41) is 3.47. The number of anilines is 2. The number of sulfonamides is 1. The minimum atomic E-state index is -3.72. The van der Waals surface area contributed by atoms with Crippen LogP contribution in [-0.4, -0.2) is 20.1 Å². The van der Waals surface area contributed by atoms with Crippen LogP contribution in [0.4, 0.5) is 11.4 Å². The number of carbonyl (C=O) groups is 1. The summed E-state index contributed by atoms with van der Waals surface area (Å²) in [5.74, 6) is 0.491. The largest absolute Gasteiger partial charge is 0.326 e. The number of nitrogens with one attached hydrogen (secondary N) is 2. The maximum Gasteiger partial charge on any atom is 0.261 e. The standard InChI is InChI=1S/C23H23ClN2O3S2/c1-16-3-12-22(17(2)15-16)26-31(28,29)21-10-6-19(7-11-21)25-23(27)13-14-30-20-8-4-18(24)5-9-20/h3-12,15,26H,13-14H2,1-2H3,(H,25,27). The zero-order valence-electron chi connectivity index (χ0n) is 17.2. The van der Waals surface area contributed by atoms with Crippen LogP contribution in [-0.2, 0) is 14.8 Å². The molecule has 3 rings (SSSR count). The first-order valence-electron chi connectivity index (χ1n) is 9.61. The average Bonchev–Trinajstić information content (AvgIpc) is 2.72. The van der Waals surface area contributed by atoms with Gasteiger partial charge >= 0.3 is 0 Å². The second-order valence-corrected chi connectivity index (χ2v) is 10.3. The Labute approximate surface area is 192 Å². The molecule has 31 heavy (non-hydrogen) atoms. The number of hydrogen-bond donors (Lipinski definition) is 2. The quantitative estimate of drug-likeness (QED) is 0.400. The molecule has 0 atom stereocenters. The van der Waals surface area contributed by atoms with E-state index in [1.165, 1.54) is 12.1 Å². The summed E-state index contributed by atoms with van der Waals surface area (Å²) in [5.41, 5.74) is 3.00. The number of hydrogen-bond acceptors (Lipinski definition) is 4. The lowest BCUT2D eigenvalue weighted by Gasteiger charge is -2.12. The van der Waals surface area contributed by atoms with Gasteiger partial charge in [-0.3, -0.25) is 9.52 Å². The molecule has 0 saturated carbocycles. The highest BCUT2D eigenvalue weighted by atomic mass is 35.5. The first-order valence-corrected chi connectivity index (χ1v) is 12.5. The fraction of sp³-hybridized carbons (Fsp3) is 0.174. The van der Waals surface area contributed by atoms with Crippen LogP contribution in [0.3, 0.4) is 0 Å². The molecule has 3 aromatic rings. The van der Waals surface area contributed by atoms with E-state index in [0.717, 1.165) is 16.0 Å². The van der Waals surface area contributed by atoms with Crippen LogP contribution >= 0.6 is 23.4 Å². The first-order chi connectivity index (χ1) is 14.7. The van der Waals surface area contributed by atoms with E-state index in [0.29, 0.717) is 28.6 Å². The molecule has 0 aliphatic carbocycles. The molecule has 0 heterocycles. The normalized spacial score (nSPS) is 11.2. The lowest BCUT2D eigenvalue weighted by Crippen LogP contribution is -2.15. The molecule has 8 heteroatoms. The van der Waals surface area contributed by atoms with Crippen molar-refractivity contribution in [1.29, 1.82) is 0 Å². The van der Waals surface area contributed by atoms with E-state index < -0.39 is 10.0 Å². The molecule has 3 aromatic carbocycles. The van der Waals surface area contributed by atoms with Crippen LogP contribution in [0, 0.1) is 13.8 Å². The number of benzene rings is 3. The molecule has 0 saturated heterocycles. The van der Waals surface area contributed by atoms with E-state index in [-0.39, 0.29) is 10.8 Å². The maximum atomic E-state index is 12.7. The van der Waals surface area contributed by atoms with E-state index in [1.54, 1.807) is 30.0 Å². The van der Waals surface area contributed by atoms with E-state index in [1.807, 2.05) is 50.2 Å². The minimum Gasteiger partial charge on any atom is -0.326 e. The Balaban J connectivity index is 1.55. The van der Waals surface area contributed by atoms with Gasteiger partial charge in [0, 0.05) is 27.8 Å². The lowest BCUT2D eigenvalue weighted by atomic mass is 10.1. The molecule has 162 valence electrons. The molecule has 0 unspecified atom stereocenters. The molecule has 1 amide bonds. The van der Waals surface area contributed by atoms with Crippen LogP contribution in [0.1, 0.15) is 17.5 Å². The van der Waals surface area contributed by atoms with E-state index in [4.69, 9.17) is 11.6 Å². The van der Waals surface area contributed by atoms with Crippen molar-refractivity contribution in [2.45, 2.75) is 30.1 Å². The van der Waals surface area contributed by atoms with Gasteiger partial charge in [-0.25, -0.2) is 8.42 Å². The van der Waals surface area contributed by atoms with Gasteiger partial charge in [-0.05, 0) is 74.0 Å². The number of amides is 1. The van der Waals surface area contributed by atoms with Gasteiger partial charge in [0.25, 0.3) is 10.0 Å². The highest BCUT2D eigenvalue weighted by Crippen LogP contribution is 2.23. The number of aryl methyl sites for hydroxylation is 2. The Hall–Kier alpha value is -2.48. The molecule has 0 spiro atoms. The van der Waals surface area contributed by atoms with Crippen LogP contribution in [0.25, 0.3) is 0 Å². The molecule has 0 radical (unpaired) electrons. The maximum absolute atomic E-state index is 12.7. The van der Waals surface area contributed by atoms with Crippen molar-refractivity contribution in [2.24, 2.45) is 0 Å². The molecule has 5 nitrogen and oxygen atoms in total. The van der Waals surface area contributed by atoms with E-state index >= 15 is 0 Å². The van der Waals surface area contributed by atoms with Crippen molar-refractivity contribution in [1.82, 2.24) is 0 Å². The highest BCUT2D eigenvalue weighted by molar-refractivity contribution is 7.99. The third kappa shape index (κ3) is 6.75. The van der Waals surface area contributed by atoms with E-state index in [9.17, 15) is 13.2 Å². The van der Waals surface area contributed by atoms with Gasteiger partial charge in [-0.1, -0.05) is 29.3 Å². The fourth-order valence-electron chi connectivity index (χ4n) is 2.87. The summed E-state index contributed by atoms with van der Waals surface area (Å²) in [6.07, 6.45) is 0.335. The third-order valence-corrected chi connectivity index (χ3v) is 7.13. The molecule has 0 aromatic heterocycles. The van der Waals surface area contributed by atoms with Gasteiger partial charge in [-0.2, -0.15) is 0 Å². The molecular weight excluding hydrogens is 452 g/mol. The molecule has 0 fully saturated rings. The summed E-state index contributed by atoms with van der Waals surface area (Å²) in [4.78, 5) is 13.3. The molecule has 0 aliphatic heterocycles. The Kier molecular flexibility index (Phi) is 7.64. The van der Waals surface area contributed by atoms with Crippen molar-refractivity contribution < 1.29 is 13.2 Å². The van der Waals surface area contributed by atoms with Gasteiger partial charge in [0.05, 0.1) is 10.6 Å². The fourth-order valence-corrected chi connectivity index (χ4v) is 4.97. The van der Waals surface area contributed by atoms with Crippen molar-refractivity contribution in [3.8, 4) is 0 Å². The lowest BCUT2D eigenvalue weighted by molar-refractivity contribution is -0.115. The van der Waals surface area contributed by atoms with Crippen LogP contribution in [0.15, 0.2) is 76.5 Å². The molecule has 0 bridgehead atoms. The number of halogens is 1. The van der Waals surface area contributed by atoms with Gasteiger partial charge in [-0.15, -0.1) is 11.8 Å². The number of rotatable bonds is 8. The molecule has 2 N–H and O–H groups in total. The predicted molar refractivity (Wildman–Crippen MR) is 129 cm³/mol. The topological polar surface area (TPSA) is 75.3 Å². The van der Waals surface area contributed by atoms with Gasteiger partial charge in [0.2, 0.25) is 5.91 Å². The number of thioether (sulfide) groups is 1. The summed E-state index contributed by atoms with van der Waals surface area (Å²) < 4.78 is 27.9. The van der Waals surface area contributed by atoms with Crippen LogP contribution in [0.5, 0.6) is 0 Å². The van der Waals surface area contributed by atoms with Crippen molar-refractivity contribution in [3.63, 3.8) is 0 Å². The average molecular weight is 475 g/mol. The Morgan fingerprint density at radius 3 is 2.29 bits per heavy atom. The summed E-state index contributed by atoms with van der Waals surface area (Å²) in [6, 6.07) is 19.1. The second kappa shape index (κ2) is 10.2. The Morgan fingerprint density at radius 2 is 1.65 bits per heavy atom. The van der Waals surface area contributed by atoms with Gasteiger partial charge in [0.15, 0.2) is 0 Å². The summed E-state index contributed by atoms with van der Waals surface area (Å²) in [6.45, 7) is 3.81. The van der Waals surface area contributed by atoms with Crippen LogP contribution < -0.4 is 10.0 Å². The zero-order chi connectivity index (χ0) is 22.4. The van der Waals surface area contributed by atoms with Gasteiger partial charge in [0.1, 0.15) is 0 Å². The molecule has 0 aliphatic rings. The first kappa shape index (κ1) is 23.2. The van der Waals surface area contributed by atoms with E-state index in [2.05, 4.69) is 10.0 Å². The van der Waals surface area contributed by atoms with Crippen molar-refractivity contribution in [3.05, 3.63) is 82.9 Å². The Bertz CT molecular complexity index is 1160. The third-order valence-electron chi connectivity index (χ3n) is 4.49. The van der Waals surface area contributed by atoms with Crippen molar-refractivity contribution in [2.75, 3.05) is 15.8 Å². The zero-order valence-corrected chi connectivity index (χ0v) is 19.6. The predicted octanol–water partition coefficient (Wildman–Crippen LogP) is 5.88. The van der Waals surface area contributed by atoms with Crippen molar-refractivity contribution >= 4 is 50.7 Å². The van der Waals surface area contributed by atoms with Crippen LogP contribution in [0.2, 0.25) is 5.02 Å². The monoisotopic (exact) mass is 474 g/mol. The summed E-state index contributed by atoms with van der Waals surface area (Å²) in [7, 11) is -3.72. The SMILES string of the molecule is Cc1ccc(NS(=O)(=O)c2ccc(NC(=O)CCSc3ccc(Cl)cc3)cc2)c(C)c1. The second-order valence-electron chi connectivity index (χ2n) is 7.05. The number of carbonyl (C=O) groups excluding carboxylic acids is 1. The minimum absolute atomic E-state index is 0.128. The smallest absolute Gasteiger partial charge is 0.261 e. The van der Waals surface area contributed by atoms with Gasteiger partial charge < -0.3 is 5.32 Å². The summed E-state index contributed by atoms with van der Waals surface area (Å²) >= 11 is 7.43. The Morgan fingerprint density at radius 1 is 0.968 bits per heavy atom. The highest BCUT2D eigenvalue weighted by Gasteiger charge is 2.15. The molecular formula is C23H23ClN2O3S2.